The van der Waals surface area contributed by atoms with Gasteiger partial charge >= 0.3 is 0 Å². The fraction of sp³-hybridized carbons (Fsp3) is 0.846. The minimum Gasteiger partial charge on any atom is -0.392 e. The Morgan fingerprint density at radius 3 is 2.94 bits per heavy atom. The molecule has 1 aliphatic carbocycles. The van der Waals surface area contributed by atoms with E-state index < -0.39 is 0 Å². The monoisotopic (exact) mass is 254 g/mol. The summed E-state index contributed by atoms with van der Waals surface area (Å²) >= 11 is 0. The van der Waals surface area contributed by atoms with Crippen molar-refractivity contribution in [3.8, 4) is 0 Å². The van der Waals surface area contributed by atoms with Crippen LogP contribution in [0, 0.1) is 0 Å². The Balaban J connectivity index is 2.08. The van der Waals surface area contributed by atoms with E-state index in [0.717, 1.165) is 25.7 Å². The molecular formula is C13H22N2O3. The summed E-state index contributed by atoms with van der Waals surface area (Å²) in [7, 11) is 0. The van der Waals surface area contributed by atoms with Crippen molar-refractivity contribution in [1.29, 1.82) is 0 Å². The smallest absolute Gasteiger partial charge is 0.232 e. The van der Waals surface area contributed by atoms with Crippen LogP contribution < -0.4 is 0 Å². The topological polar surface area (TPSA) is 68.4 Å². The van der Waals surface area contributed by atoms with E-state index >= 15 is 0 Å². The van der Waals surface area contributed by atoms with Gasteiger partial charge in [-0.2, -0.15) is 4.98 Å². The molecule has 1 aliphatic rings. The van der Waals surface area contributed by atoms with Crippen LogP contribution in [0.1, 0.15) is 69.7 Å². The second kappa shape index (κ2) is 6.29. The van der Waals surface area contributed by atoms with Gasteiger partial charge in [0.15, 0.2) is 5.82 Å². The highest BCUT2D eigenvalue weighted by Crippen LogP contribution is 2.31. The highest BCUT2D eigenvalue weighted by atomic mass is 16.5. The molecule has 0 radical (unpaired) electrons. The Morgan fingerprint density at radius 1 is 1.39 bits per heavy atom. The van der Waals surface area contributed by atoms with Crippen molar-refractivity contribution in [2.45, 2.75) is 64.1 Å². The van der Waals surface area contributed by atoms with Crippen LogP contribution >= 0.6 is 0 Å². The molecule has 18 heavy (non-hydrogen) atoms. The number of nitrogens with zero attached hydrogens (tertiary/aromatic N) is 2. The van der Waals surface area contributed by atoms with Gasteiger partial charge in [0, 0.05) is 6.61 Å². The van der Waals surface area contributed by atoms with E-state index in [1.807, 2.05) is 13.8 Å². The zero-order chi connectivity index (χ0) is 13.0. The summed E-state index contributed by atoms with van der Waals surface area (Å²) in [4.78, 5) is 4.38. The van der Waals surface area contributed by atoms with Crippen LogP contribution in [-0.4, -0.2) is 28.0 Å². The third-order valence-electron chi connectivity index (χ3n) is 3.53. The van der Waals surface area contributed by atoms with Gasteiger partial charge in [0.25, 0.3) is 0 Å². The molecule has 5 heteroatoms. The SMILES string of the molecule is CCOC(C)c1noc(C2CCCCCC2O)n1. The van der Waals surface area contributed by atoms with E-state index in [2.05, 4.69) is 10.1 Å². The van der Waals surface area contributed by atoms with Gasteiger partial charge in [-0.05, 0) is 26.7 Å². The average molecular weight is 254 g/mol. The lowest BCUT2D eigenvalue weighted by Gasteiger charge is -2.15. The van der Waals surface area contributed by atoms with E-state index in [1.165, 1.54) is 6.42 Å². The van der Waals surface area contributed by atoms with E-state index in [-0.39, 0.29) is 18.1 Å². The van der Waals surface area contributed by atoms with Gasteiger partial charge in [-0.1, -0.05) is 24.4 Å². The molecule has 2 rings (SSSR count). The summed E-state index contributed by atoms with van der Waals surface area (Å²) in [6.07, 6.45) is 4.59. The predicted molar refractivity (Wildman–Crippen MR) is 66.2 cm³/mol. The summed E-state index contributed by atoms with van der Waals surface area (Å²) < 4.78 is 10.7. The van der Waals surface area contributed by atoms with E-state index in [9.17, 15) is 5.11 Å². The van der Waals surface area contributed by atoms with Crippen molar-refractivity contribution in [3.05, 3.63) is 11.7 Å². The lowest BCUT2D eigenvalue weighted by Crippen LogP contribution is -2.17. The van der Waals surface area contributed by atoms with Gasteiger partial charge in [-0.15, -0.1) is 0 Å². The van der Waals surface area contributed by atoms with Gasteiger partial charge in [0.2, 0.25) is 5.89 Å². The van der Waals surface area contributed by atoms with Gasteiger partial charge < -0.3 is 14.4 Å². The van der Waals surface area contributed by atoms with Gasteiger partial charge in [-0.3, -0.25) is 0 Å². The molecule has 5 nitrogen and oxygen atoms in total. The minimum absolute atomic E-state index is 0.0115. The van der Waals surface area contributed by atoms with Crippen molar-refractivity contribution in [1.82, 2.24) is 10.1 Å². The van der Waals surface area contributed by atoms with Crippen LogP contribution in [0.4, 0.5) is 0 Å². The van der Waals surface area contributed by atoms with E-state index in [4.69, 9.17) is 9.26 Å². The number of hydrogen-bond donors (Lipinski definition) is 1. The van der Waals surface area contributed by atoms with Gasteiger partial charge in [-0.25, -0.2) is 0 Å². The minimum atomic E-state index is -0.358. The van der Waals surface area contributed by atoms with Crippen molar-refractivity contribution in [2.75, 3.05) is 6.61 Å². The maximum Gasteiger partial charge on any atom is 0.232 e. The molecule has 1 saturated carbocycles. The summed E-state index contributed by atoms with van der Waals surface area (Å²) in [5.41, 5.74) is 0. The molecular weight excluding hydrogens is 232 g/mol. The maximum atomic E-state index is 10.1. The highest BCUT2D eigenvalue weighted by Gasteiger charge is 2.28. The number of rotatable bonds is 4. The first-order valence-electron chi connectivity index (χ1n) is 6.85. The summed E-state index contributed by atoms with van der Waals surface area (Å²) in [5, 5.41) is 14.0. The number of aromatic nitrogens is 2. The Hall–Kier alpha value is -0.940. The summed E-state index contributed by atoms with van der Waals surface area (Å²) in [5.74, 6) is 1.12. The molecule has 3 atom stereocenters. The van der Waals surface area contributed by atoms with Crippen LogP contribution in [0.5, 0.6) is 0 Å². The molecule has 0 aromatic carbocycles. The number of hydrogen-bond acceptors (Lipinski definition) is 5. The predicted octanol–water partition coefficient (Wildman–Crippen LogP) is 2.58. The Bertz CT molecular complexity index is 367. The zero-order valence-corrected chi connectivity index (χ0v) is 11.1. The van der Waals surface area contributed by atoms with Crippen LogP contribution in [0.25, 0.3) is 0 Å². The molecule has 102 valence electrons. The van der Waals surface area contributed by atoms with Crippen LogP contribution in [0.2, 0.25) is 0 Å². The number of ether oxygens (including phenoxy) is 1. The molecule has 1 fully saturated rings. The lowest BCUT2D eigenvalue weighted by atomic mass is 9.97. The first-order chi connectivity index (χ1) is 8.72. The van der Waals surface area contributed by atoms with Crippen molar-refractivity contribution in [2.24, 2.45) is 0 Å². The second-order valence-corrected chi connectivity index (χ2v) is 4.90. The molecule has 1 aromatic heterocycles. The largest absolute Gasteiger partial charge is 0.392 e. The lowest BCUT2D eigenvalue weighted by molar-refractivity contribution is 0.0683. The normalized spacial score (nSPS) is 26.8. The molecule has 0 aliphatic heterocycles. The molecule has 0 amide bonds. The molecule has 3 unspecified atom stereocenters. The van der Waals surface area contributed by atoms with Crippen LogP contribution in [-0.2, 0) is 4.74 Å². The third-order valence-corrected chi connectivity index (χ3v) is 3.53. The highest BCUT2D eigenvalue weighted by molar-refractivity contribution is 4.99. The Morgan fingerprint density at radius 2 is 2.17 bits per heavy atom. The van der Waals surface area contributed by atoms with E-state index in [0.29, 0.717) is 18.3 Å². The van der Waals surface area contributed by atoms with Crippen molar-refractivity contribution < 1.29 is 14.4 Å². The second-order valence-electron chi connectivity index (χ2n) is 4.90. The third kappa shape index (κ3) is 3.09. The molecule has 1 N–H and O–H groups in total. The van der Waals surface area contributed by atoms with E-state index in [1.54, 1.807) is 0 Å². The molecule has 1 aromatic rings. The maximum absolute atomic E-state index is 10.1. The fourth-order valence-corrected chi connectivity index (χ4v) is 2.46. The molecule has 0 bridgehead atoms. The standard InChI is InChI=1S/C13H22N2O3/c1-3-17-9(2)12-14-13(18-15-12)10-7-5-4-6-8-11(10)16/h9-11,16H,3-8H2,1-2H3. The average Bonchev–Trinajstić information content (AvgIpc) is 2.74. The van der Waals surface area contributed by atoms with Crippen LogP contribution in [0.3, 0.4) is 0 Å². The van der Waals surface area contributed by atoms with Crippen LogP contribution in [0.15, 0.2) is 4.52 Å². The molecule has 1 heterocycles. The fourth-order valence-electron chi connectivity index (χ4n) is 2.46. The summed E-state index contributed by atoms with van der Waals surface area (Å²) in [6.45, 7) is 4.46. The molecule has 0 saturated heterocycles. The first kappa shape index (κ1) is 13.5. The Labute approximate surface area is 108 Å². The van der Waals surface area contributed by atoms with Crippen molar-refractivity contribution in [3.63, 3.8) is 0 Å². The quantitative estimate of drug-likeness (QED) is 0.836. The number of aliphatic hydroxyl groups excluding tert-OH is 1. The Kier molecular flexibility index (Phi) is 4.72. The zero-order valence-electron chi connectivity index (χ0n) is 11.1. The molecule has 0 spiro atoms. The van der Waals surface area contributed by atoms with Gasteiger partial charge in [0.05, 0.1) is 12.0 Å². The first-order valence-corrected chi connectivity index (χ1v) is 6.85. The van der Waals surface area contributed by atoms with Gasteiger partial charge in [0.1, 0.15) is 6.10 Å². The van der Waals surface area contributed by atoms with Crippen molar-refractivity contribution >= 4 is 0 Å². The summed E-state index contributed by atoms with van der Waals surface area (Å²) in [6, 6.07) is 0. The number of aliphatic hydroxyl groups is 1.